The Kier molecular flexibility index (Phi) is 1.38. The van der Waals surface area contributed by atoms with Crippen LogP contribution in [0.5, 0.6) is 5.88 Å². The summed E-state index contributed by atoms with van der Waals surface area (Å²) < 4.78 is 7.01. The highest BCUT2D eigenvalue weighted by atomic mass is 16.5. The first-order valence-electron chi connectivity index (χ1n) is 3.63. The molecule has 1 aromatic rings. The Morgan fingerprint density at radius 1 is 1.73 bits per heavy atom. The second-order valence-corrected chi connectivity index (χ2v) is 2.27. The molecular formula is C7H9N3O. The Balaban J connectivity index is 2.26. The van der Waals surface area contributed by atoms with Crippen molar-refractivity contribution in [2.75, 3.05) is 6.61 Å². The van der Waals surface area contributed by atoms with Crippen LogP contribution in [0.25, 0.3) is 0 Å². The van der Waals surface area contributed by atoms with Gasteiger partial charge in [0, 0.05) is 12.3 Å². The fourth-order valence-corrected chi connectivity index (χ4v) is 1.05. The highest BCUT2D eigenvalue weighted by Gasteiger charge is 2.09. The van der Waals surface area contributed by atoms with Gasteiger partial charge in [-0.15, -0.1) is 5.10 Å². The van der Waals surface area contributed by atoms with Gasteiger partial charge in [-0.1, -0.05) is 0 Å². The molecule has 0 N–H and O–H groups in total. The zero-order chi connectivity index (χ0) is 7.68. The van der Waals surface area contributed by atoms with Crippen LogP contribution in [0, 0.1) is 0 Å². The largest absolute Gasteiger partial charge is 0.477 e. The Bertz CT molecular complexity index is 290. The minimum atomic E-state index is 0.653. The second-order valence-electron chi connectivity index (χ2n) is 2.27. The Labute approximate surface area is 64.5 Å². The predicted molar refractivity (Wildman–Crippen MR) is 41.5 cm³/mol. The van der Waals surface area contributed by atoms with E-state index in [0.717, 1.165) is 12.4 Å². The number of nitrogens with zero attached hydrogens (tertiary/aromatic N) is 3. The second kappa shape index (κ2) is 2.38. The summed E-state index contributed by atoms with van der Waals surface area (Å²) in [6.07, 6.45) is 1.83. The van der Waals surface area contributed by atoms with Crippen molar-refractivity contribution >= 4 is 12.0 Å². The van der Waals surface area contributed by atoms with Crippen LogP contribution >= 0.6 is 0 Å². The van der Waals surface area contributed by atoms with Crippen molar-refractivity contribution in [2.24, 2.45) is 4.99 Å². The lowest BCUT2D eigenvalue weighted by molar-refractivity contribution is 0.323. The third-order valence-electron chi connectivity index (χ3n) is 1.51. The maximum Gasteiger partial charge on any atom is 0.235 e. The van der Waals surface area contributed by atoms with E-state index in [-0.39, 0.29) is 0 Å². The molecule has 1 aliphatic rings. The summed E-state index contributed by atoms with van der Waals surface area (Å²) in [6.45, 7) is 3.36. The summed E-state index contributed by atoms with van der Waals surface area (Å²) in [6, 6.07) is 1.84. The number of hydrogen-bond acceptors (Lipinski definition) is 3. The van der Waals surface area contributed by atoms with Gasteiger partial charge >= 0.3 is 0 Å². The number of fused-ring (bicyclic) bond motifs is 1. The predicted octanol–water partition coefficient (Wildman–Crippen LogP) is 0.998. The van der Waals surface area contributed by atoms with Crippen molar-refractivity contribution in [1.29, 1.82) is 0 Å². The molecule has 0 unspecified atom stereocenters. The van der Waals surface area contributed by atoms with Gasteiger partial charge in [-0.05, 0) is 6.92 Å². The Hall–Kier alpha value is -1.32. The van der Waals surface area contributed by atoms with Crippen molar-refractivity contribution in [3.05, 3.63) is 6.07 Å². The van der Waals surface area contributed by atoms with E-state index >= 15 is 0 Å². The zero-order valence-electron chi connectivity index (χ0n) is 6.32. The minimum absolute atomic E-state index is 0.653. The van der Waals surface area contributed by atoms with E-state index in [2.05, 4.69) is 10.1 Å². The van der Waals surface area contributed by atoms with Crippen LogP contribution in [0.3, 0.4) is 0 Å². The van der Waals surface area contributed by atoms with E-state index in [1.54, 1.807) is 0 Å². The number of aliphatic imine (C=N–C) groups is 1. The minimum Gasteiger partial charge on any atom is -0.477 e. The maximum absolute atomic E-state index is 5.20. The van der Waals surface area contributed by atoms with Crippen LogP contribution in [-0.4, -0.2) is 22.6 Å². The standard InChI is InChI=1S/C7H9N3O/c1-2-11-7-5-6-8-3-4-10(6)9-7/h3,5H,2,4H2,1H3. The molecule has 2 heterocycles. The van der Waals surface area contributed by atoms with Gasteiger partial charge in [0.1, 0.15) is 0 Å². The number of hydrogen-bond donors (Lipinski definition) is 0. The van der Waals surface area contributed by atoms with Crippen LogP contribution in [0.15, 0.2) is 11.1 Å². The molecule has 0 bridgehead atoms. The molecule has 4 heteroatoms. The van der Waals surface area contributed by atoms with Crippen LogP contribution in [0.1, 0.15) is 6.92 Å². The molecule has 11 heavy (non-hydrogen) atoms. The summed E-state index contributed by atoms with van der Waals surface area (Å²) in [5.41, 5.74) is 0. The first-order chi connectivity index (χ1) is 5.40. The first-order valence-corrected chi connectivity index (χ1v) is 3.63. The molecule has 0 aromatic carbocycles. The van der Waals surface area contributed by atoms with Crippen molar-refractivity contribution < 1.29 is 4.74 Å². The topological polar surface area (TPSA) is 39.4 Å². The van der Waals surface area contributed by atoms with Crippen molar-refractivity contribution in [3.8, 4) is 5.88 Å². The van der Waals surface area contributed by atoms with Gasteiger partial charge in [-0.25, -0.2) is 9.67 Å². The Morgan fingerprint density at radius 3 is 3.36 bits per heavy atom. The monoisotopic (exact) mass is 151 g/mol. The molecule has 2 rings (SSSR count). The molecule has 4 nitrogen and oxygen atoms in total. The summed E-state index contributed by atoms with van der Waals surface area (Å²) >= 11 is 0. The van der Waals surface area contributed by atoms with E-state index in [0.29, 0.717) is 12.5 Å². The lowest BCUT2D eigenvalue weighted by Gasteiger charge is -1.94. The highest BCUT2D eigenvalue weighted by molar-refractivity contribution is 5.66. The van der Waals surface area contributed by atoms with Crippen molar-refractivity contribution in [3.63, 3.8) is 0 Å². The highest BCUT2D eigenvalue weighted by Crippen LogP contribution is 2.21. The van der Waals surface area contributed by atoms with E-state index in [1.807, 2.05) is 23.9 Å². The first kappa shape index (κ1) is 6.39. The molecule has 1 aliphatic heterocycles. The van der Waals surface area contributed by atoms with Crippen molar-refractivity contribution in [1.82, 2.24) is 9.78 Å². The van der Waals surface area contributed by atoms with Crippen molar-refractivity contribution in [2.45, 2.75) is 13.5 Å². The van der Waals surface area contributed by atoms with Gasteiger partial charge in [0.15, 0.2) is 5.82 Å². The Morgan fingerprint density at radius 2 is 2.64 bits per heavy atom. The number of rotatable bonds is 2. The van der Waals surface area contributed by atoms with Gasteiger partial charge < -0.3 is 4.74 Å². The molecule has 0 saturated carbocycles. The maximum atomic E-state index is 5.20. The van der Waals surface area contributed by atoms with Gasteiger partial charge in [0.25, 0.3) is 0 Å². The van der Waals surface area contributed by atoms with Gasteiger partial charge in [0.2, 0.25) is 5.88 Å². The molecule has 0 aliphatic carbocycles. The average molecular weight is 151 g/mol. The number of aromatic nitrogens is 2. The van der Waals surface area contributed by atoms with E-state index in [9.17, 15) is 0 Å². The molecule has 0 fully saturated rings. The van der Waals surface area contributed by atoms with E-state index in [1.165, 1.54) is 0 Å². The van der Waals surface area contributed by atoms with Crippen LogP contribution in [0.2, 0.25) is 0 Å². The lowest BCUT2D eigenvalue weighted by Crippen LogP contribution is -1.97. The molecule has 1 aromatic heterocycles. The van der Waals surface area contributed by atoms with Crippen LogP contribution < -0.4 is 4.74 Å². The molecule has 0 spiro atoms. The quantitative estimate of drug-likeness (QED) is 0.632. The lowest BCUT2D eigenvalue weighted by atomic mass is 10.6. The van der Waals surface area contributed by atoms with Gasteiger partial charge in [-0.2, -0.15) is 0 Å². The molecule has 58 valence electrons. The molecule has 0 saturated heterocycles. The van der Waals surface area contributed by atoms with E-state index < -0.39 is 0 Å². The zero-order valence-corrected chi connectivity index (χ0v) is 6.32. The van der Waals surface area contributed by atoms with Gasteiger partial charge in [-0.3, -0.25) is 0 Å². The fraction of sp³-hybridized carbons (Fsp3) is 0.429. The fourth-order valence-electron chi connectivity index (χ4n) is 1.05. The van der Waals surface area contributed by atoms with Crippen LogP contribution in [0.4, 0.5) is 5.82 Å². The van der Waals surface area contributed by atoms with Gasteiger partial charge in [0.05, 0.1) is 13.2 Å². The summed E-state index contributed by atoms with van der Waals surface area (Å²) in [5.74, 6) is 1.55. The average Bonchev–Trinajstić information content (AvgIpc) is 2.46. The third-order valence-corrected chi connectivity index (χ3v) is 1.51. The summed E-state index contributed by atoms with van der Waals surface area (Å²) in [7, 11) is 0. The van der Waals surface area contributed by atoms with E-state index in [4.69, 9.17) is 4.74 Å². The molecule has 0 atom stereocenters. The normalized spacial score (nSPS) is 13.5. The molecule has 0 amide bonds. The molecular weight excluding hydrogens is 142 g/mol. The molecule has 0 radical (unpaired) electrons. The SMILES string of the molecule is CCOc1cc2n(n1)CC=N2. The summed E-state index contributed by atoms with van der Waals surface area (Å²) in [5, 5.41) is 4.15. The smallest absolute Gasteiger partial charge is 0.235 e. The summed E-state index contributed by atoms with van der Waals surface area (Å²) in [4.78, 5) is 4.10. The number of ether oxygens (including phenoxy) is 1. The third kappa shape index (κ3) is 1.00. The van der Waals surface area contributed by atoms with Crippen LogP contribution in [-0.2, 0) is 6.54 Å².